The highest BCUT2D eigenvalue weighted by molar-refractivity contribution is 7.89. The van der Waals surface area contributed by atoms with Crippen LogP contribution in [0.2, 0.25) is 0 Å². The van der Waals surface area contributed by atoms with Gasteiger partial charge in [-0.15, -0.1) is 4.91 Å². The highest BCUT2D eigenvalue weighted by atomic mass is 32.2. The van der Waals surface area contributed by atoms with E-state index < -0.39 is 53.3 Å². The zero-order chi connectivity index (χ0) is 22.4. The molecule has 0 aliphatic carbocycles. The number of carbonyl (C=O) groups is 1. The lowest BCUT2D eigenvalue weighted by Gasteiger charge is -2.40. The molecule has 1 aromatic rings. The van der Waals surface area contributed by atoms with Crippen LogP contribution in [0, 0.1) is 4.91 Å². The van der Waals surface area contributed by atoms with Crippen LogP contribution in [0.4, 0.5) is 10.5 Å². The molecule has 29 heavy (non-hydrogen) atoms. The van der Waals surface area contributed by atoms with Crippen LogP contribution in [-0.4, -0.2) is 84.2 Å². The summed E-state index contributed by atoms with van der Waals surface area (Å²) in [6, 6.07) is 3.38. The maximum absolute atomic E-state index is 11.3. The molecule has 9 N–H and O–H groups in total. The average Bonchev–Trinajstić information content (AvgIpc) is 2.67. The van der Waals surface area contributed by atoms with E-state index in [1.807, 2.05) is 0 Å². The molecule has 1 saturated heterocycles. The Kier molecular flexibility index (Phi) is 8.83. The lowest BCUT2D eigenvalue weighted by atomic mass is 9.97. The number of anilines is 1. The van der Waals surface area contributed by atoms with Gasteiger partial charge in [-0.1, -0.05) is 0 Å². The van der Waals surface area contributed by atoms with E-state index in [4.69, 9.17) is 20.7 Å². The van der Waals surface area contributed by atoms with Crippen LogP contribution in [0.1, 0.15) is 0 Å². The number of nitroso groups, excluding NO2 is 1. The Balaban J connectivity index is 0.000000326. The van der Waals surface area contributed by atoms with E-state index in [-0.39, 0.29) is 4.90 Å². The molecule has 15 heteroatoms. The minimum absolute atomic E-state index is 0.0756. The fraction of sp³-hybridized carbons (Fsp3) is 0.500. The average molecular weight is 437 g/mol. The maximum atomic E-state index is 11.3. The number of amides is 2. The molecule has 1 aliphatic heterocycles. The molecular weight excluding hydrogens is 414 g/mol. The molecule has 0 bridgehead atoms. The molecule has 1 aromatic carbocycles. The smallest absolute Gasteiger partial charge is 0.340 e. The normalized spacial score (nSPS) is 26.6. The summed E-state index contributed by atoms with van der Waals surface area (Å²) in [6.45, 7) is -0.605. The van der Waals surface area contributed by atoms with Gasteiger partial charge in [0.05, 0.1) is 16.8 Å². The van der Waals surface area contributed by atoms with Crippen molar-refractivity contribution in [3.63, 3.8) is 0 Å². The summed E-state index contributed by atoms with van der Waals surface area (Å²) in [5.74, 6) is 0. The van der Waals surface area contributed by atoms with E-state index in [1.54, 1.807) is 0 Å². The molecular formula is C14H23N5O9S. The first kappa shape index (κ1) is 24.6. The second kappa shape index (κ2) is 10.4. The zero-order valence-electron chi connectivity index (χ0n) is 15.2. The molecule has 0 saturated carbocycles. The van der Waals surface area contributed by atoms with Crippen molar-refractivity contribution in [2.45, 2.75) is 35.5 Å². The van der Waals surface area contributed by atoms with Gasteiger partial charge in [-0.05, 0) is 24.3 Å². The van der Waals surface area contributed by atoms with E-state index in [2.05, 4.69) is 10.6 Å². The Morgan fingerprint density at radius 3 is 2.24 bits per heavy atom. The number of carbonyl (C=O) groups excluding carboxylic acids is 1. The second-order valence-electron chi connectivity index (χ2n) is 5.92. The monoisotopic (exact) mass is 437 g/mol. The van der Waals surface area contributed by atoms with Crippen molar-refractivity contribution >= 4 is 21.7 Å². The Bertz CT molecular complexity index is 791. The number of hydrogen-bond donors (Lipinski definition) is 7. The van der Waals surface area contributed by atoms with Crippen LogP contribution in [0.15, 0.2) is 34.4 Å². The largest absolute Gasteiger partial charge is 0.399 e. The van der Waals surface area contributed by atoms with E-state index in [0.29, 0.717) is 10.7 Å². The van der Waals surface area contributed by atoms with Gasteiger partial charge >= 0.3 is 6.03 Å². The summed E-state index contributed by atoms with van der Waals surface area (Å²) in [5, 5.41) is 47.2. The van der Waals surface area contributed by atoms with Crippen molar-refractivity contribution in [2.24, 2.45) is 10.4 Å². The number of nitrogens with two attached hydrogens (primary N) is 2. The molecule has 0 spiro atoms. The van der Waals surface area contributed by atoms with Crippen LogP contribution >= 0.6 is 0 Å². The quantitative estimate of drug-likeness (QED) is 0.143. The van der Waals surface area contributed by atoms with Gasteiger partial charge in [0.1, 0.15) is 24.4 Å². The summed E-state index contributed by atoms with van der Waals surface area (Å²) < 4.78 is 26.2. The van der Waals surface area contributed by atoms with Crippen molar-refractivity contribution in [2.75, 3.05) is 19.4 Å². The van der Waals surface area contributed by atoms with Crippen LogP contribution in [0.5, 0.6) is 0 Å². The third-order valence-electron chi connectivity index (χ3n) is 3.82. The lowest BCUT2D eigenvalue weighted by Crippen LogP contribution is -2.64. The standard InChI is InChI=1S/C8H15N3O7.C6H8N2O2S/c1-11(10-17)8(16)9-4-6(14)5(13)3(2-12)18-7(4)15;7-5-1-3-6(4-2-5)11(8,9)10/h3-7,12-15H,2H2,1H3,(H,9,16);1-4H,7H2,(H2,8,9,10)/t3-,4-,5-,6-,7+;/m1./s1. The highest BCUT2D eigenvalue weighted by Gasteiger charge is 2.44. The van der Waals surface area contributed by atoms with Crippen molar-refractivity contribution < 1.29 is 38.4 Å². The summed E-state index contributed by atoms with van der Waals surface area (Å²) in [4.78, 5) is 21.5. The van der Waals surface area contributed by atoms with Gasteiger partial charge in [0.25, 0.3) is 0 Å². The molecule has 1 fully saturated rings. The third kappa shape index (κ3) is 6.86. The van der Waals surface area contributed by atoms with Crippen LogP contribution in [0.3, 0.4) is 0 Å². The van der Waals surface area contributed by atoms with E-state index in [0.717, 1.165) is 7.05 Å². The summed E-state index contributed by atoms with van der Waals surface area (Å²) in [5.41, 5.74) is 5.85. The summed E-state index contributed by atoms with van der Waals surface area (Å²) in [7, 11) is -2.51. The maximum Gasteiger partial charge on any atom is 0.340 e. The number of aliphatic hydroxyl groups excluding tert-OH is 4. The molecule has 0 unspecified atom stereocenters. The number of primary sulfonamides is 1. The predicted octanol–water partition coefficient (Wildman–Crippen LogP) is -2.97. The topological polar surface area (TPSA) is 238 Å². The second-order valence-corrected chi connectivity index (χ2v) is 7.48. The number of aliphatic hydroxyl groups is 4. The summed E-state index contributed by atoms with van der Waals surface area (Å²) >= 11 is 0. The number of nitrogens with one attached hydrogen (secondary N) is 1. The minimum atomic E-state index is -3.58. The number of rotatable bonds is 4. The Morgan fingerprint density at radius 2 is 1.79 bits per heavy atom. The van der Waals surface area contributed by atoms with Gasteiger partial charge in [0.2, 0.25) is 10.0 Å². The van der Waals surface area contributed by atoms with Gasteiger partial charge < -0.3 is 36.2 Å². The molecule has 1 aliphatic rings. The Labute approximate surface area is 165 Å². The molecule has 2 rings (SSSR count). The number of hydrogen-bond acceptors (Lipinski definition) is 11. The van der Waals surface area contributed by atoms with Gasteiger partial charge in [0, 0.05) is 12.7 Å². The van der Waals surface area contributed by atoms with E-state index in [9.17, 15) is 33.4 Å². The number of sulfonamides is 1. The lowest BCUT2D eigenvalue weighted by molar-refractivity contribution is -0.252. The van der Waals surface area contributed by atoms with Gasteiger partial charge in [-0.25, -0.2) is 18.4 Å². The number of urea groups is 1. The molecule has 164 valence electrons. The first-order chi connectivity index (χ1) is 13.4. The number of nitrogens with zero attached hydrogens (tertiary/aromatic N) is 2. The highest BCUT2D eigenvalue weighted by Crippen LogP contribution is 2.19. The molecule has 1 heterocycles. The SMILES string of the molecule is CN(N=O)C(=O)N[C@@H]1[C@@H](O)[C@H](O)[C@@H](CO)O[C@@H]1O.Nc1ccc(S(N)(=O)=O)cc1. The third-order valence-corrected chi connectivity index (χ3v) is 4.74. The molecule has 0 radical (unpaired) electrons. The summed E-state index contributed by atoms with van der Waals surface area (Å²) in [6.07, 6.45) is -5.84. The van der Waals surface area contributed by atoms with Crippen LogP contribution in [-0.2, 0) is 14.8 Å². The minimum Gasteiger partial charge on any atom is -0.399 e. The van der Waals surface area contributed by atoms with Crippen molar-refractivity contribution in [1.29, 1.82) is 0 Å². The molecule has 5 atom stereocenters. The first-order valence-corrected chi connectivity index (χ1v) is 9.53. The number of nitrogen functional groups attached to an aromatic ring is 1. The van der Waals surface area contributed by atoms with Crippen molar-refractivity contribution in [3.05, 3.63) is 29.2 Å². The van der Waals surface area contributed by atoms with Crippen molar-refractivity contribution in [3.8, 4) is 0 Å². The van der Waals surface area contributed by atoms with Gasteiger partial charge in [-0.2, -0.15) is 5.01 Å². The Hall–Kier alpha value is -2.40. The molecule has 2 amide bonds. The number of benzene rings is 1. The fourth-order valence-electron chi connectivity index (χ4n) is 2.18. The molecule has 0 aromatic heterocycles. The van der Waals surface area contributed by atoms with Gasteiger partial charge in [0.15, 0.2) is 6.29 Å². The Morgan fingerprint density at radius 1 is 1.24 bits per heavy atom. The van der Waals surface area contributed by atoms with Crippen molar-refractivity contribution in [1.82, 2.24) is 10.3 Å². The number of ether oxygens (including phenoxy) is 1. The van der Waals surface area contributed by atoms with Crippen LogP contribution in [0.25, 0.3) is 0 Å². The van der Waals surface area contributed by atoms with E-state index in [1.165, 1.54) is 24.3 Å². The van der Waals surface area contributed by atoms with Gasteiger partial charge in [-0.3, -0.25) is 0 Å². The van der Waals surface area contributed by atoms with E-state index >= 15 is 0 Å². The predicted molar refractivity (Wildman–Crippen MR) is 98.1 cm³/mol. The van der Waals surface area contributed by atoms with Crippen LogP contribution < -0.4 is 16.2 Å². The fourth-order valence-corrected chi connectivity index (χ4v) is 2.70. The molecule has 14 nitrogen and oxygen atoms in total. The first-order valence-electron chi connectivity index (χ1n) is 7.98. The zero-order valence-corrected chi connectivity index (χ0v) is 16.0.